The summed E-state index contributed by atoms with van der Waals surface area (Å²) < 4.78 is 77.0. The van der Waals surface area contributed by atoms with E-state index in [2.05, 4.69) is 46.9 Å². The SMILES string of the molecule is C[C@H](NC(=O)[C@@H](NC(=O)[C@H](CC1CCCCC1)NC(=O)c1ccno1)c1ccccc1)C(=O)N[C@@H](CCCN=C(N)N)C(=O)N[C@@H](CCCCNC(=O)CCCCCN1C(=CC=CC=CC2=[N+](C)c3ccc(S(=O)(=O)[O-])cc3C2(C)C)C(C)(C)c2cc(S(=O)(=O)O)ccc21)C(N)=O. The van der Waals surface area contributed by atoms with Crippen LogP contribution in [0.4, 0.5) is 11.4 Å². The van der Waals surface area contributed by atoms with Crippen LogP contribution in [0.15, 0.2) is 134 Å². The zero-order valence-electron chi connectivity index (χ0n) is 55.7. The monoisotopic (exact) mass is 1380 g/mol. The number of benzene rings is 3. The fraction of sp³-hybridized carbons (Fsp3) is 0.471. The molecule has 27 nitrogen and oxygen atoms in total. The number of guanidine groups is 1. The normalized spacial score (nSPS) is 17.2. The van der Waals surface area contributed by atoms with Crippen LogP contribution in [0, 0.1) is 5.92 Å². The van der Waals surface area contributed by atoms with E-state index in [4.69, 9.17) is 21.7 Å². The number of aromatic nitrogens is 1. The summed E-state index contributed by atoms with van der Waals surface area (Å²) in [5, 5.41) is 20.0. The summed E-state index contributed by atoms with van der Waals surface area (Å²) in [7, 11) is -7.29. The second-order valence-electron chi connectivity index (χ2n) is 25.8. The van der Waals surface area contributed by atoms with Gasteiger partial charge in [-0.2, -0.15) is 13.0 Å². The summed E-state index contributed by atoms with van der Waals surface area (Å²) in [6.07, 6.45) is 19.0. The number of hydrogen-bond donors (Lipinski definition) is 10. The van der Waals surface area contributed by atoms with Crippen LogP contribution in [0.1, 0.15) is 164 Å². The minimum atomic E-state index is -4.66. The van der Waals surface area contributed by atoms with E-state index in [0.717, 1.165) is 54.9 Å². The van der Waals surface area contributed by atoms with Crippen LogP contribution in [-0.2, 0) is 59.8 Å². The molecule has 1 aromatic heterocycles. The quantitative estimate of drug-likeness (QED) is 0.00725. The summed E-state index contributed by atoms with van der Waals surface area (Å²) in [5.74, 6) is -4.74. The lowest BCUT2D eigenvalue weighted by Gasteiger charge is -2.28. The molecule has 5 atom stereocenters. The fourth-order valence-electron chi connectivity index (χ4n) is 12.6. The van der Waals surface area contributed by atoms with Gasteiger partial charge in [-0.15, -0.1) is 0 Å². The molecule has 2 aliphatic heterocycles. The van der Waals surface area contributed by atoms with Crippen molar-refractivity contribution >= 4 is 84.6 Å². The molecule has 7 amide bonds. The molecule has 0 radical (unpaired) electrons. The van der Waals surface area contributed by atoms with Gasteiger partial charge in [-0.1, -0.05) is 106 Å². The van der Waals surface area contributed by atoms with Crippen molar-refractivity contribution < 1.29 is 68.6 Å². The van der Waals surface area contributed by atoms with Gasteiger partial charge in [0, 0.05) is 66.6 Å². The Kier molecular flexibility index (Phi) is 26.2. The molecule has 1 fully saturated rings. The van der Waals surface area contributed by atoms with Crippen LogP contribution in [0.25, 0.3) is 0 Å². The minimum Gasteiger partial charge on any atom is -0.744 e. The van der Waals surface area contributed by atoms with Crippen LogP contribution in [0.5, 0.6) is 0 Å². The summed E-state index contributed by atoms with van der Waals surface area (Å²) in [5.41, 5.74) is 20.6. The van der Waals surface area contributed by atoms with Gasteiger partial charge < -0.3 is 63.1 Å². The zero-order chi connectivity index (χ0) is 70.8. The number of rotatable bonds is 34. The van der Waals surface area contributed by atoms with Gasteiger partial charge in [0.15, 0.2) is 11.7 Å². The molecular weight excluding hydrogens is 1290 g/mol. The lowest BCUT2D eigenvalue weighted by molar-refractivity contribution is -0.401. The molecule has 13 N–H and O–H groups in total. The third-order valence-corrected chi connectivity index (χ3v) is 19.6. The number of aliphatic imine (C=N–C) groups is 1. The van der Waals surface area contributed by atoms with E-state index in [9.17, 15) is 59.5 Å². The highest BCUT2D eigenvalue weighted by Crippen LogP contribution is 2.49. The van der Waals surface area contributed by atoms with Gasteiger partial charge in [0.2, 0.25) is 46.9 Å². The molecule has 97 heavy (non-hydrogen) atoms. The summed E-state index contributed by atoms with van der Waals surface area (Å²) in [6.45, 7) is 10.1. The molecule has 7 rings (SSSR count). The van der Waals surface area contributed by atoms with Crippen molar-refractivity contribution in [2.24, 2.45) is 28.1 Å². The molecule has 1 aliphatic carbocycles. The molecular formula is C68H91N13O14S2. The molecule has 4 aromatic rings. The number of carbonyl (C=O) groups excluding carboxylic acids is 7. The lowest BCUT2D eigenvalue weighted by atomic mass is 9.81. The van der Waals surface area contributed by atoms with E-state index < -0.39 is 96.7 Å². The maximum atomic E-state index is 14.2. The molecule has 0 unspecified atom stereocenters. The Morgan fingerprint density at radius 3 is 2.09 bits per heavy atom. The average molecular weight is 1380 g/mol. The number of nitrogens with one attached hydrogen (secondary N) is 6. The summed E-state index contributed by atoms with van der Waals surface area (Å²) in [4.78, 5) is 101. The highest BCUT2D eigenvalue weighted by molar-refractivity contribution is 7.86. The highest BCUT2D eigenvalue weighted by atomic mass is 32.2. The Morgan fingerprint density at radius 2 is 1.42 bits per heavy atom. The molecule has 3 heterocycles. The molecule has 29 heteroatoms. The third kappa shape index (κ3) is 20.5. The van der Waals surface area contributed by atoms with Crippen molar-refractivity contribution in [2.75, 3.05) is 31.6 Å². The maximum Gasteiger partial charge on any atom is 0.294 e. The largest absolute Gasteiger partial charge is 0.744 e. The van der Waals surface area contributed by atoms with Crippen molar-refractivity contribution in [1.82, 2.24) is 37.1 Å². The Balaban J connectivity index is 0.897. The Bertz CT molecular complexity index is 3900. The van der Waals surface area contributed by atoms with Gasteiger partial charge in [-0.3, -0.25) is 43.1 Å². The first-order valence-corrected chi connectivity index (χ1v) is 35.5. The number of nitrogens with two attached hydrogens (primary N) is 3. The van der Waals surface area contributed by atoms with E-state index in [0.29, 0.717) is 61.8 Å². The standard InChI is InChI=1S/C68H91N13O14S2/c1-43(75-65(88)59(45-24-13-8-14-25-45)79-63(86)52(40-44-22-11-7-12-23-44)78-64(87)55-35-38-74-95-55)61(84)77-51(27-21-37-73-66(70)71)62(85)76-50(60(69)83)26-18-19-36-72-58(82)30-17-10-20-39-81-54-34-32-47(97(92,93)94)42-49(54)68(4,5)57(81)29-16-9-15-28-56-67(2,3)48-41-46(96(89,90)91)31-33-53(48)80(56)6/h8-9,13-16,24-25,28-29,31-35,38,41-44,50-52,59H,7,10-12,17-23,26-27,30,36-37,39-40H2,1-6H3,(H13-,69,70,71,72,73,75,76,77,78,79,82,83,84,85,86,87,88,89,90,91,92,93,94)/t43-,50-,51-,52-,59-/m0/s1. The van der Waals surface area contributed by atoms with Crippen LogP contribution in [0.3, 0.4) is 0 Å². The summed E-state index contributed by atoms with van der Waals surface area (Å²) in [6, 6.07) is 12.5. The number of unbranched alkanes of at least 4 members (excludes halogenated alkanes) is 3. The Hall–Kier alpha value is -9.06. The Morgan fingerprint density at radius 1 is 0.742 bits per heavy atom. The summed E-state index contributed by atoms with van der Waals surface area (Å²) >= 11 is 0. The molecule has 3 aromatic carbocycles. The number of hydrogen-bond acceptors (Lipinski definition) is 16. The number of anilines is 1. The van der Waals surface area contributed by atoms with Gasteiger partial charge in [0.05, 0.1) is 21.4 Å². The van der Waals surface area contributed by atoms with Crippen LogP contribution < -0.4 is 54.0 Å². The van der Waals surface area contributed by atoms with E-state index in [1.54, 1.807) is 42.5 Å². The minimum absolute atomic E-state index is 0.000470. The average Bonchev–Trinajstić information content (AvgIpc) is 1.60. The fourth-order valence-corrected chi connectivity index (χ4v) is 13.6. The van der Waals surface area contributed by atoms with Gasteiger partial charge in [0.1, 0.15) is 47.4 Å². The van der Waals surface area contributed by atoms with Gasteiger partial charge >= 0.3 is 0 Å². The molecule has 0 bridgehead atoms. The van der Waals surface area contributed by atoms with Crippen LogP contribution >= 0.6 is 0 Å². The smallest absolute Gasteiger partial charge is 0.294 e. The van der Waals surface area contributed by atoms with Crippen molar-refractivity contribution in [2.45, 2.75) is 182 Å². The van der Waals surface area contributed by atoms with E-state index in [-0.39, 0.29) is 72.1 Å². The topological polar surface area (TPSA) is 426 Å². The first-order chi connectivity index (χ1) is 45.9. The molecule has 524 valence electrons. The van der Waals surface area contributed by atoms with Gasteiger partial charge in [0.25, 0.3) is 16.0 Å². The maximum absolute atomic E-state index is 14.2. The second-order valence-corrected chi connectivity index (χ2v) is 28.6. The number of nitrogens with zero attached hydrogens (tertiary/aromatic N) is 4. The lowest BCUT2D eigenvalue weighted by Crippen LogP contribution is -2.57. The second kappa shape index (κ2) is 33.7. The van der Waals surface area contributed by atoms with Crippen LogP contribution in [-0.4, -0.2) is 140 Å². The number of amides is 7. The Labute approximate surface area is 566 Å². The van der Waals surface area contributed by atoms with Crippen molar-refractivity contribution in [1.29, 1.82) is 0 Å². The molecule has 0 saturated heterocycles. The molecule has 0 spiro atoms. The van der Waals surface area contributed by atoms with Crippen molar-refractivity contribution in [3.8, 4) is 0 Å². The molecule has 3 aliphatic rings. The first-order valence-electron chi connectivity index (χ1n) is 32.6. The first kappa shape index (κ1) is 75.3. The van der Waals surface area contributed by atoms with Gasteiger partial charge in [-0.05, 0) is 126 Å². The number of fused-ring (bicyclic) bond motifs is 2. The van der Waals surface area contributed by atoms with Crippen molar-refractivity contribution in [3.63, 3.8) is 0 Å². The predicted molar refractivity (Wildman–Crippen MR) is 363 cm³/mol. The van der Waals surface area contributed by atoms with Crippen molar-refractivity contribution in [3.05, 3.63) is 138 Å². The van der Waals surface area contributed by atoms with Crippen LogP contribution in [0.2, 0.25) is 0 Å². The molecule has 1 saturated carbocycles. The van der Waals surface area contributed by atoms with E-state index in [1.165, 1.54) is 43.5 Å². The number of primary amides is 1. The zero-order valence-corrected chi connectivity index (χ0v) is 57.3. The number of carbonyl (C=O) groups is 7. The van der Waals surface area contributed by atoms with E-state index >= 15 is 0 Å². The highest BCUT2D eigenvalue weighted by Gasteiger charge is 2.44. The third-order valence-electron chi connectivity index (χ3n) is 18.0. The van der Waals surface area contributed by atoms with E-state index in [1.807, 2.05) is 69.7 Å². The predicted octanol–water partition coefficient (Wildman–Crippen LogP) is 5.11. The van der Waals surface area contributed by atoms with Gasteiger partial charge in [-0.25, -0.2) is 8.42 Å². The number of allylic oxidation sites excluding steroid dienone is 6.